The number of alkyl carbamates (subject to hydrolysis) is 1. The van der Waals surface area contributed by atoms with Crippen molar-refractivity contribution >= 4 is 12.0 Å². The summed E-state index contributed by atoms with van der Waals surface area (Å²) in [6, 6.07) is -1.44. The van der Waals surface area contributed by atoms with Gasteiger partial charge in [0.25, 0.3) is 0 Å². The molecule has 1 heterocycles. The largest absolute Gasteiger partial charge is 0.444 e. The van der Waals surface area contributed by atoms with Crippen molar-refractivity contribution in [3.8, 4) is 0 Å². The highest BCUT2D eigenvalue weighted by Crippen LogP contribution is 2.15. The first-order chi connectivity index (χ1) is 12.0. The van der Waals surface area contributed by atoms with Crippen LogP contribution in [0.4, 0.5) is 4.79 Å². The van der Waals surface area contributed by atoms with Crippen molar-refractivity contribution in [2.45, 2.75) is 83.0 Å². The van der Waals surface area contributed by atoms with Crippen molar-refractivity contribution in [2.24, 2.45) is 5.73 Å². The Morgan fingerprint density at radius 2 is 1.96 bits per heavy atom. The van der Waals surface area contributed by atoms with Gasteiger partial charge in [0.2, 0.25) is 5.91 Å². The molecule has 152 valence electrons. The lowest BCUT2D eigenvalue weighted by molar-refractivity contribution is -0.146. The number of aliphatic hydroxyl groups excluding tert-OH is 2. The summed E-state index contributed by atoms with van der Waals surface area (Å²) in [7, 11) is 0. The number of aliphatic hydroxyl groups is 2. The molecule has 6 N–H and O–H groups in total. The molecule has 1 aliphatic rings. The number of hydrogen-bond donors (Lipinski definition) is 5. The number of hydrogen-bond acceptors (Lipinski definition) is 7. The zero-order chi connectivity index (χ0) is 19.9. The first-order valence-electron chi connectivity index (χ1n) is 9.02. The topological polar surface area (TPSA) is 143 Å². The fraction of sp³-hybridized carbons (Fsp3) is 0.882. The van der Waals surface area contributed by atoms with Crippen LogP contribution in [0.5, 0.6) is 0 Å². The lowest BCUT2D eigenvalue weighted by Crippen LogP contribution is -2.61. The van der Waals surface area contributed by atoms with Gasteiger partial charge in [-0.05, 0) is 47.0 Å². The number of unbranched alkanes of at least 4 members (excludes halogenated alkanes) is 1. The van der Waals surface area contributed by atoms with Gasteiger partial charge in [0.1, 0.15) is 17.8 Å². The smallest absolute Gasteiger partial charge is 0.407 e. The standard InChI is InChI=1S/C17H33N3O6/c1-10-13(14(22)12(21)9-25-10)20-15(23)11(18)7-5-6-8-19-16(24)26-17(2,3)4/h10-14,21-22H,5-9,18H2,1-4H3,(H,19,24)(H,20,23)/t10-,11+,12+,13-,14-/m0/s1. The summed E-state index contributed by atoms with van der Waals surface area (Å²) >= 11 is 0. The molecule has 1 aliphatic heterocycles. The molecule has 26 heavy (non-hydrogen) atoms. The lowest BCUT2D eigenvalue weighted by Gasteiger charge is -2.37. The third-order valence-electron chi connectivity index (χ3n) is 4.05. The molecule has 1 rings (SSSR count). The number of rotatable bonds is 7. The molecule has 0 aliphatic carbocycles. The summed E-state index contributed by atoms with van der Waals surface area (Å²) in [6.45, 7) is 7.55. The SMILES string of the molecule is C[C@@H]1OC[C@@H](O)[C@H](O)[C@H]1NC(=O)[C@H](N)CCCCNC(=O)OC(C)(C)C. The van der Waals surface area contributed by atoms with Crippen LogP contribution in [0.2, 0.25) is 0 Å². The minimum Gasteiger partial charge on any atom is -0.444 e. The van der Waals surface area contributed by atoms with Gasteiger partial charge in [-0.1, -0.05) is 0 Å². The second-order valence-corrected chi connectivity index (χ2v) is 7.66. The number of nitrogens with two attached hydrogens (primary N) is 1. The molecular formula is C17H33N3O6. The maximum Gasteiger partial charge on any atom is 0.407 e. The minimum absolute atomic E-state index is 0.0331. The van der Waals surface area contributed by atoms with Crippen molar-refractivity contribution in [1.29, 1.82) is 0 Å². The van der Waals surface area contributed by atoms with Crippen LogP contribution < -0.4 is 16.4 Å². The highest BCUT2D eigenvalue weighted by atomic mass is 16.6. The molecule has 0 unspecified atom stereocenters. The average Bonchev–Trinajstić information content (AvgIpc) is 2.52. The maximum absolute atomic E-state index is 12.2. The molecule has 1 saturated heterocycles. The Kier molecular flexibility index (Phi) is 8.75. The Morgan fingerprint density at radius 3 is 2.58 bits per heavy atom. The van der Waals surface area contributed by atoms with E-state index in [-0.39, 0.29) is 6.61 Å². The molecule has 0 saturated carbocycles. The van der Waals surface area contributed by atoms with Crippen molar-refractivity contribution < 1.29 is 29.3 Å². The summed E-state index contributed by atoms with van der Waals surface area (Å²) < 4.78 is 10.4. The molecule has 9 heteroatoms. The number of amides is 2. The Labute approximate surface area is 154 Å². The van der Waals surface area contributed by atoms with Crippen LogP contribution in [0.15, 0.2) is 0 Å². The maximum atomic E-state index is 12.2. The van der Waals surface area contributed by atoms with E-state index in [1.165, 1.54) is 0 Å². The average molecular weight is 375 g/mol. The van der Waals surface area contributed by atoms with Gasteiger partial charge < -0.3 is 36.1 Å². The van der Waals surface area contributed by atoms with Gasteiger partial charge in [-0.25, -0.2) is 4.79 Å². The summed E-state index contributed by atoms with van der Waals surface area (Å²) in [6.07, 6.45) is -1.28. The fourth-order valence-electron chi connectivity index (χ4n) is 2.57. The van der Waals surface area contributed by atoms with Crippen molar-refractivity contribution in [1.82, 2.24) is 10.6 Å². The second-order valence-electron chi connectivity index (χ2n) is 7.66. The van der Waals surface area contributed by atoms with Gasteiger partial charge in [-0.3, -0.25) is 4.79 Å². The quantitative estimate of drug-likeness (QED) is 0.382. The second kappa shape index (κ2) is 10.1. The van der Waals surface area contributed by atoms with Crippen LogP contribution >= 0.6 is 0 Å². The third kappa shape index (κ3) is 7.86. The molecule has 0 aromatic rings. The van der Waals surface area contributed by atoms with E-state index in [1.54, 1.807) is 27.7 Å². The van der Waals surface area contributed by atoms with Crippen molar-refractivity contribution in [3.63, 3.8) is 0 Å². The molecule has 9 nitrogen and oxygen atoms in total. The summed E-state index contributed by atoms with van der Waals surface area (Å²) in [4.78, 5) is 23.7. The monoisotopic (exact) mass is 375 g/mol. The van der Waals surface area contributed by atoms with E-state index < -0.39 is 48.0 Å². The van der Waals surface area contributed by atoms with Gasteiger partial charge in [0, 0.05) is 6.54 Å². The van der Waals surface area contributed by atoms with Crippen LogP contribution in [0.25, 0.3) is 0 Å². The number of carbonyl (C=O) groups excluding carboxylic acids is 2. The first kappa shape index (κ1) is 22.6. The van der Waals surface area contributed by atoms with Crippen LogP contribution in [-0.4, -0.2) is 71.4 Å². The Balaban J connectivity index is 2.25. The predicted molar refractivity (Wildman–Crippen MR) is 95.4 cm³/mol. The Bertz CT molecular complexity index is 468. The third-order valence-corrected chi connectivity index (χ3v) is 4.05. The fourth-order valence-corrected chi connectivity index (χ4v) is 2.57. The van der Waals surface area contributed by atoms with Crippen LogP contribution in [-0.2, 0) is 14.3 Å². The lowest BCUT2D eigenvalue weighted by atomic mass is 9.97. The van der Waals surface area contributed by atoms with Crippen LogP contribution in [0.1, 0.15) is 47.0 Å². The van der Waals surface area contributed by atoms with Gasteiger partial charge in [-0.2, -0.15) is 0 Å². The molecule has 0 spiro atoms. The minimum atomic E-state index is -1.09. The van der Waals surface area contributed by atoms with E-state index >= 15 is 0 Å². The highest BCUT2D eigenvalue weighted by Gasteiger charge is 2.37. The highest BCUT2D eigenvalue weighted by molar-refractivity contribution is 5.81. The molecule has 1 fully saturated rings. The van der Waals surface area contributed by atoms with Gasteiger partial charge in [0.15, 0.2) is 0 Å². The first-order valence-corrected chi connectivity index (χ1v) is 9.02. The zero-order valence-corrected chi connectivity index (χ0v) is 16.0. The molecular weight excluding hydrogens is 342 g/mol. The summed E-state index contributed by atoms with van der Waals surface area (Å²) in [5, 5.41) is 24.9. The molecule has 0 bridgehead atoms. The van der Waals surface area contributed by atoms with E-state index in [4.69, 9.17) is 15.2 Å². The number of nitrogens with one attached hydrogen (secondary N) is 2. The van der Waals surface area contributed by atoms with E-state index in [2.05, 4.69) is 10.6 Å². The zero-order valence-electron chi connectivity index (χ0n) is 16.0. The van der Waals surface area contributed by atoms with Crippen LogP contribution in [0.3, 0.4) is 0 Å². The molecule has 0 aromatic carbocycles. The van der Waals surface area contributed by atoms with Crippen molar-refractivity contribution in [3.05, 3.63) is 0 Å². The Morgan fingerprint density at radius 1 is 1.31 bits per heavy atom. The number of carbonyl (C=O) groups is 2. The van der Waals surface area contributed by atoms with Gasteiger partial charge >= 0.3 is 6.09 Å². The molecule has 2 amide bonds. The Hall–Kier alpha value is -1.42. The number of ether oxygens (including phenoxy) is 2. The van der Waals surface area contributed by atoms with Crippen LogP contribution in [0, 0.1) is 0 Å². The molecule has 0 aromatic heterocycles. The van der Waals surface area contributed by atoms with E-state index in [9.17, 15) is 19.8 Å². The molecule has 0 radical (unpaired) electrons. The van der Waals surface area contributed by atoms with Gasteiger partial charge in [0.05, 0.1) is 24.8 Å². The van der Waals surface area contributed by atoms with Gasteiger partial charge in [-0.15, -0.1) is 0 Å². The van der Waals surface area contributed by atoms with E-state index in [0.717, 1.165) is 0 Å². The van der Waals surface area contributed by atoms with Crippen molar-refractivity contribution in [2.75, 3.05) is 13.2 Å². The normalized spacial score (nSPS) is 27.5. The summed E-state index contributed by atoms with van der Waals surface area (Å²) in [5.41, 5.74) is 5.34. The van der Waals surface area contributed by atoms with E-state index in [0.29, 0.717) is 25.8 Å². The predicted octanol–water partition coefficient (Wildman–Crippen LogP) is -0.366. The van der Waals surface area contributed by atoms with E-state index in [1.807, 2.05) is 0 Å². The summed E-state index contributed by atoms with van der Waals surface area (Å²) in [5.74, 6) is -0.404. The molecule has 5 atom stereocenters.